The van der Waals surface area contributed by atoms with Crippen molar-refractivity contribution in [2.45, 2.75) is 39.7 Å². The molecular weight excluding hydrogens is 252 g/mol. The highest BCUT2D eigenvalue weighted by molar-refractivity contribution is 5.85. The van der Waals surface area contributed by atoms with Crippen LogP contribution in [0.5, 0.6) is 0 Å². The van der Waals surface area contributed by atoms with Crippen LogP contribution in [0, 0.1) is 11.8 Å². The smallest absolute Gasteiger partial charge is 0.222 e. The van der Waals surface area contributed by atoms with Crippen LogP contribution < -0.4 is 11.1 Å². The molecule has 3 rings (SSSR count). The van der Waals surface area contributed by atoms with Crippen LogP contribution in [0.15, 0.2) is 6.20 Å². The predicted molar refractivity (Wildman–Crippen MR) is 80.4 cm³/mol. The molecule has 0 saturated heterocycles. The highest BCUT2D eigenvalue weighted by Gasteiger charge is 2.33. The Morgan fingerprint density at radius 2 is 2.25 bits per heavy atom. The molecule has 2 aromatic heterocycles. The third-order valence-corrected chi connectivity index (χ3v) is 3.95. The van der Waals surface area contributed by atoms with Crippen molar-refractivity contribution in [2.24, 2.45) is 11.8 Å². The largest absolute Gasteiger partial charge is 0.368 e. The standard InChI is InChI=1S/C14H22N6/c1-3-4-5-16-13-12-11(17-14(15)18-13)8-20(19-12)7-10-6-9(10)2/h8-10H,3-7H2,1-2H3,(H3,15,16,17,18)/t9-,10-/m0/s1. The second-order valence-corrected chi connectivity index (χ2v) is 5.77. The number of fused-ring (bicyclic) bond motifs is 1. The fraction of sp³-hybridized carbons (Fsp3) is 0.643. The third kappa shape index (κ3) is 2.69. The van der Waals surface area contributed by atoms with Crippen LogP contribution in [0.4, 0.5) is 11.8 Å². The maximum Gasteiger partial charge on any atom is 0.222 e. The van der Waals surface area contributed by atoms with Gasteiger partial charge >= 0.3 is 0 Å². The van der Waals surface area contributed by atoms with Crippen LogP contribution in [0.25, 0.3) is 11.0 Å². The Hall–Kier alpha value is -1.85. The van der Waals surface area contributed by atoms with Crippen LogP contribution in [0.2, 0.25) is 0 Å². The highest BCUT2D eigenvalue weighted by Crippen LogP contribution is 2.39. The van der Waals surface area contributed by atoms with Crippen LogP contribution in [0.1, 0.15) is 33.1 Å². The Morgan fingerprint density at radius 3 is 2.95 bits per heavy atom. The van der Waals surface area contributed by atoms with Gasteiger partial charge in [0.2, 0.25) is 5.95 Å². The zero-order chi connectivity index (χ0) is 14.1. The summed E-state index contributed by atoms with van der Waals surface area (Å²) >= 11 is 0. The zero-order valence-electron chi connectivity index (χ0n) is 12.1. The Balaban J connectivity index is 1.84. The van der Waals surface area contributed by atoms with Gasteiger partial charge in [-0.15, -0.1) is 0 Å². The molecule has 2 heterocycles. The third-order valence-electron chi connectivity index (χ3n) is 3.95. The van der Waals surface area contributed by atoms with Crippen LogP contribution in [0.3, 0.4) is 0 Å². The first-order chi connectivity index (χ1) is 9.67. The van der Waals surface area contributed by atoms with E-state index in [0.717, 1.165) is 54.6 Å². The van der Waals surface area contributed by atoms with E-state index in [-0.39, 0.29) is 0 Å². The van der Waals surface area contributed by atoms with Gasteiger partial charge in [-0.25, -0.2) is 4.98 Å². The van der Waals surface area contributed by atoms with Gasteiger partial charge in [0.1, 0.15) is 5.52 Å². The SMILES string of the molecule is CCCCNc1nc(N)nc2cn(C[C@@H]3C[C@@H]3C)nc12. The van der Waals surface area contributed by atoms with E-state index in [9.17, 15) is 0 Å². The minimum Gasteiger partial charge on any atom is -0.368 e. The molecule has 0 radical (unpaired) electrons. The van der Waals surface area contributed by atoms with Crippen molar-refractivity contribution in [3.05, 3.63) is 6.20 Å². The summed E-state index contributed by atoms with van der Waals surface area (Å²) in [5.74, 6) is 2.63. The molecule has 0 aromatic carbocycles. The number of nitrogen functional groups attached to an aromatic ring is 1. The maximum atomic E-state index is 5.77. The topological polar surface area (TPSA) is 81.6 Å². The summed E-state index contributed by atoms with van der Waals surface area (Å²) in [5, 5.41) is 7.93. The lowest BCUT2D eigenvalue weighted by atomic mass is 10.3. The summed E-state index contributed by atoms with van der Waals surface area (Å²) in [6.07, 6.45) is 5.52. The number of anilines is 2. The molecule has 3 N–H and O–H groups in total. The first-order valence-electron chi connectivity index (χ1n) is 7.42. The average Bonchev–Trinajstić information content (AvgIpc) is 2.93. The molecule has 0 spiro atoms. The van der Waals surface area contributed by atoms with Gasteiger partial charge in [0.25, 0.3) is 0 Å². The van der Waals surface area contributed by atoms with Crippen molar-refractivity contribution >= 4 is 22.8 Å². The number of nitrogens with two attached hydrogens (primary N) is 1. The van der Waals surface area contributed by atoms with Crippen molar-refractivity contribution in [3.8, 4) is 0 Å². The van der Waals surface area contributed by atoms with E-state index in [1.807, 2.05) is 10.9 Å². The van der Waals surface area contributed by atoms with E-state index in [2.05, 4.69) is 34.2 Å². The first kappa shape index (κ1) is 13.1. The van der Waals surface area contributed by atoms with Gasteiger partial charge in [-0.2, -0.15) is 10.1 Å². The molecule has 108 valence electrons. The van der Waals surface area contributed by atoms with Crippen molar-refractivity contribution in [3.63, 3.8) is 0 Å². The Morgan fingerprint density at radius 1 is 1.45 bits per heavy atom. The Kier molecular flexibility index (Phi) is 3.46. The van der Waals surface area contributed by atoms with Gasteiger partial charge in [0.15, 0.2) is 11.3 Å². The molecule has 20 heavy (non-hydrogen) atoms. The van der Waals surface area contributed by atoms with Gasteiger partial charge in [-0.05, 0) is 24.7 Å². The summed E-state index contributed by atoms with van der Waals surface area (Å²) in [5.41, 5.74) is 7.42. The maximum absolute atomic E-state index is 5.77. The fourth-order valence-electron chi connectivity index (χ4n) is 2.47. The number of rotatable bonds is 6. The normalized spacial score (nSPS) is 21.3. The number of hydrogen-bond donors (Lipinski definition) is 2. The van der Waals surface area contributed by atoms with Crippen molar-refractivity contribution < 1.29 is 0 Å². The second kappa shape index (κ2) is 5.26. The zero-order valence-corrected chi connectivity index (χ0v) is 12.1. The molecular formula is C14H22N6. The molecule has 1 saturated carbocycles. The monoisotopic (exact) mass is 274 g/mol. The number of aromatic nitrogens is 4. The van der Waals surface area contributed by atoms with Gasteiger partial charge in [0.05, 0.1) is 6.20 Å². The molecule has 0 bridgehead atoms. The van der Waals surface area contributed by atoms with Gasteiger partial charge in [-0.1, -0.05) is 20.3 Å². The van der Waals surface area contributed by atoms with Crippen LogP contribution in [-0.4, -0.2) is 26.3 Å². The lowest BCUT2D eigenvalue weighted by Gasteiger charge is -2.05. The lowest BCUT2D eigenvalue weighted by molar-refractivity contribution is 0.544. The number of nitrogens with zero attached hydrogens (tertiary/aromatic N) is 4. The minimum absolute atomic E-state index is 0.302. The van der Waals surface area contributed by atoms with Crippen molar-refractivity contribution in [1.29, 1.82) is 0 Å². The predicted octanol–water partition coefficient (Wildman–Crippen LogP) is 2.28. The van der Waals surface area contributed by atoms with E-state index in [0.29, 0.717) is 5.95 Å². The number of nitrogens with one attached hydrogen (secondary N) is 1. The summed E-state index contributed by atoms with van der Waals surface area (Å²) in [7, 11) is 0. The first-order valence-corrected chi connectivity index (χ1v) is 7.42. The van der Waals surface area contributed by atoms with E-state index in [1.165, 1.54) is 6.42 Å². The molecule has 6 nitrogen and oxygen atoms in total. The molecule has 6 heteroatoms. The molecule has 1 fully saturated rings. The van der Waals surface area contributed by atoms with Gasteiger partial charge < -0.3 is 11.1 Å². The van der Waals surface area contributed by atoms with Gasteiger partial charge in [0, 0.05) is 13.1 Å². The molecule has 1 aliphatic carbocycles. The van der Waals surface area contributed by atoms with Gasteiger partial charge in [-0.3, -0.25) is 4.68 Å². The lowest BCUT2D eigenvalue weighted by Crippen LogP contribution is -2.06. The molecule has 0 aliphatic heterocycles. The molecule has 0 amide bonds. The number of hydrogen-bond acceptors (Lipinski definition) is 5. The van der Waals surface area contributed by atoms with Crippen LogP contribution in [-0.2, 0) is 6.54 Å². The van der Waals surface area contributed by atoms with E-state index in [1.54, 1.807) is 0 Å². The average molecular weight is 274 g/mol. The summed E-state index contributed by atoms with van der Waals surface area (Å²) in [6.45, 7) is 6.29. The van der Waals surface area contributed by atoms with Crippen molar-refractivity contribution in [2.75, 3.05) is 17.6 Å². The summed E-state index contributed by atoms with van der Waals surface area (Å²) in [4.78, 5) is 8.55. The van der Waals surface area contributed by atoms with Crippen molar-refractivity contribution in [1.82, 2.24) is 19.7 Å². The van der Waals surface area contributed by atoms with E-state index >= 15 is 0 Å². The summed E-state index contributed by atoms with van der Waals surface area (Å²) < 4.78 is 1.98. The molecule has 2 atom stereocenters. The van der Waals surface area contributed by atoms with E-state index < -0.39 is 0 Å². The second-order valence-electron chi connectivity index (χ2n) is 5.77. The Labute approximate surface area is 118 Å². The molecule has 0 unspecified atom stereocenters. The summed E-state index contributed by atoms with van der Waals surface area (Å²) in [6, 6.07) is 0. The molecule has 1 aliphatic rings. The Bertz CT molecular complexity index is 605. The quantitative estimate of drug-likeness (QED) is 0.790. The van der Waals surface area contributed by atoms with Crippen LogP contribution >= 0.6 is 0 Å². The highest BCUT2D eigenvalue weighted by atomic mass is 15.3. The number of unbranched alkanes of at least 4 members (excludes halogenated alkanes) is 1. The molecule has 2 aromatic rings. The fourth-order valence-corrected chi connectivity index (χ4v) is 2.47. The minimum atomic E-state index is 0.302. The van der Waals surface area contributed by atoms with E-state index in [4.69, 9.17) is 5.73 Å².